The van der Waals surface area contributed by atoms with Gasteiger partial charge in [-0.2, -0.15) is 13.2 Å². The number of hydrogen-bond acceptors (Lipinski definition) is 0. The first kappa shape index (κ1) is 10.8. The number of benzene rings is 1. The van der Waals surface area contributed by atoms with Crippen molar-refractivity contribution in [3.05, 3.63) is 35.9 Å². The van der Waals surface area contributed by atoms with E-state index in [0.717, 1.165) is 12.1 Å². The summed E-state index contributed by atoms with van der Waals surface area (Å²) in [6.45, 7) is 0. The molecule has 11 heavy (non-hydrogen) atoms. The minimum Gasteiger partial charge on any atom is -1.00 e. The summed E-state index contributed by atoms with van der Waals surface area (Å²) in [5.41, 5.74) is -0.602. The van der Waals surface area contributed by atoms with Crippen molar-refractivity contribution < 1.29 is 16.0 Å². The van der Waals surface area contributed by atoms with Gasteiger partial charge >= 0.3 is 29.2 Å². The average Bonchev–Trinajstić information content (AvgIpc) is 1.88. The van der Waals surface area contributed by atoms with Crippen molar-refractivity contribution in [1.29, 1.82) is 0 Å². The second kappa shape index (κ2) is 3.97. The van der Waals surface area contributed by atoms with Crippen molar-refractivity contribution in [2.45, 2.75) is 6.18 Å². The Kier molecular flexibility index (Phi) is 3.89. The molecule has 0 heterocycles. The number of hydrogen-bond donors (Lipinski definition) is 0. The molecule has 0 spiro atoms. The summed E-state index contributed by atoms with van der Waals surface area (Å²) in [6, 6.07) is 6.36. The van der Waals surface area contributed by atoms with Gasteiger partial charge in [0.15, 0.2) is 0 Å². The molecule has 0 aliphatic carbocycles. The molecule has 0 N–H and O–H groups in total. The third-order valence-corrected chi connectivity index (χ3v) is 1.10. The topological polar surface area (TPSA) is 0 Å². The molecule has 0 atom stereocenters. The zero-order valence-electron chi connectivity index (χ0n) is 7.73. The van der Waals surface area contributed by atoms with E-state index in [2.05, 4.69) is 0 Å². The van der Waals surface area contributed by atoms with Crippen molar-refractivity contribution in [2.24, 2.45) is 0 Å². The summed E-state index contributed by atoms with van der Waals surface area (Å²) in [7, 11) is 0. The molecule has 0 radical (unpaired) electrons. The summed E-state index contributed by atoms with van der Waals surface area (Å²) in [4.78, 5) is 0. The van der Waals surface area contributed by atoms with E-state index in [-0.39, 0.29) is 25.9 Å². The van der Waals surface area contributed by atoms with Gasteiger partial charge in [-0.1, -0.05) is 30.3 Å². The van der Waals surface area contributed by atoms with E-state index in [9.17, 15) is 13.2 Å². The Hall–Kier alpha value is -0.224. The Morgan fingerprint density at radius 2 is 1.45 bits per heavy atom. The van der Waals surface area contributed by atoms with Gasteiger partial charge in [-0.3, -0.25) is 0 Å². The molecular weight excluding hydrogens is 165 g/mol. The monoisotopic (exact) mass is 172 g/mol. The third kappa shape index (κ3) is 3.11. The Morgan fingerprint density at radius 3 is 1.73 bits per heavy atom. The van der Waals surface area contributed by atoms with Crippen LogP contribution in [0.15, 0.2) is 30.3 Å². The first-order valence-electron chi connectivity index (χ1n) is 2.73. The fraction of sp³-hybridized carbons (Fsp3) is 0.143. The SMILES string of the molecule is FC(F)(F)c1ccccc1.[H-].[H-].[Mg+2]. The summed E-state index contributed by atoms with van der Waals surface area (Å²) < 4.78 is 35.4. The second-order valence-corrected chi connectivity index (χ2v) is 1.86. The molecule has 0 aliphatic rings. The number of alkyl halides is 3. The van der Waals surface area contributed by atoms with E-state index in [1.165, 1.54) is 12.1 Å². The van der Waals surface area contributed by atoms with Gasteiger partial charge in [0, 0.05) is 0 Å². The van der Waals surface area contributed by atoms with Gasteiger partial charge in [0.2, 0.25) is 0 Å². The molecule has 0 nitrogen and oxygen atoms in total. The zero-order valence-corrected chi connectivity index (χ0v) is 7.14. The van der Waals surface area contributed by atoms with Gasteiger partial charge in [0.1, 0.15) is 0 Å². The largest absolute Gasteiger partial charge is 2.00 e. The van der Waals surface area contributed by atoms with E-state index in [0.29, 0.717) is 0 Å². The maximum atomic E-state index is 11.8. The van der Waals surface area contributed by atoms with Crippen LogP contribution in [-0.4, -0.2) is 23.1 Å². The standard InChI is InChI=1S/C7H5F3.Mg.2H/c8-7(9,10)6-4-2-1-3-5-6;;;/h1-5H;;;/q;+2;2*-1. The molecule has 0 saturated heterocycles. The quantitative estimate of drug-likeness (QED) is 0.528. The Morgan fingerprint density at radius 1 is 1.00 bits per heavy atom. The van der Waals surface area contributed by atoms with Crippen LogP contribution in [0, 0.1) is 0 Å². The van der Waals surface area contributed by atoms with Crippen molar-refractivity contribution >= 4 is 23.1 Å². The average molecular weight is 172 g/mol. The first-order valence-corrected chi connectivity index (χ1v) is 2.73. The predicted molar refractivity (Wildman–Crippen MR) is 39.4 cm³/mol. The summed E-state index contributed by atoms with van der Waals surface area (Å²) in [5, 5.41) is 0. The Labute approximate surface area is 81.5 Å². The molecule has 1 aromatic carbocycles. The smallest absolute Gasteiger partial charge is 1.00 e. The van der Waals surface area contributed by atoms with E-state index in [1.807, 2.05) is 0 Å². The molecule has 0 aliphatic heterocycles. The molecule has 0 saturated carbocycles. The van der Waals surface area contributed by atoms with Crippen LogP contribution in [0.2, 0.25) is 0 Å². The minimum absolute atomic E-state index is 0. The van der Waals surface area contributed by atoms with Crippen molar-refractivity contribution in [3.63, 3.8) is 0 Å². The van der Waals surface area contributed by atoms with Gasteiger partial charge in [-0.25, -0.2) is 0 Å². The molecule has 0 unspecified atom stereocenters. The van der Waals surface area contributed by atoms with E-state index in [1.54, 1.807) is 6.07 Å². The van der Waals surface area contributed by atoms with Crippen LogP contribution in [0.4, 0.5) is 13.2 Å². The maximum absolute atomic E-state index is 11.8. The zero-order chi connectivity index (χ0) is 7.61. The van der Waals surface area contributed by atoms with Gasteiger partial charge < -0.3 is 2.85 Å². The van der Waals surface area contributed by atoms with E-state index in [4.69, 9.17) is 0 Å². The van der Waals surface area contributed by atoms with Crippen LogP contribution in [0.25, 0.3) is 0 Å². The number of halogens is 3. The number of rotatable bonds is 0. The molecule has 0 bridgehead atoms. The van der Waals surface area contributed by atoms with Gasteiger partial charge in [0.25, 0.3) is 0 Å². The molecular formula is C7H7F3Mg. The van der Waals surface area contributed by atoms with Gasteiger partial charge in [-0.05, 0) is 0 Å². The normalized spacial score (nSPS) is 10.5. The molecule has 58 valence electrons. The Balaban J connectivity index is -0.000000333. The van der Waals surface area contributed by atoms with Gasteiger partial charge in [0.05, 0.1) is 5.56 Å². The summed E-state index contributed by atoms with van der Waals surface area (Å²) in [6.07, 6.45) is -4.21. The Bertz CT molecular complexity index is 213. The van der Waals surface area contributed by atoms with Gasteiger partial charge in [-0.15, -0.1) is 0 Å². The molecule has 0 amide bonds. The second-order valence-electron chi connectivity index (χ2n) is 1.86. The van der Waals surface area contributed by atoms with Crippen molar-refractivity contribution in [2.75, 3.05) is 0 Å². The molecule has 4 heteroatoms. The molecule has 0 fully saturated rings. The van der Waals surface area contributed by atoms with E-state index < -0.39 is 11.7 Å². The minimum atomic E-state index is -4.21. The molecule has 0 aromatic heterocycles. The predicted octanol–water partition coefficient (Wildman–Crippen LogP) is 2.55. The molecule has 1 rings (SSSR count). The van der Waals surface area contributed by atoms with Crippen LogP contribution >= 0.6 is 0 Å². The van der Waals surface area contributed by atoms with Crippen LogP contribution < -0.4 is 0 Å². The molecule has 1 aromatic rings. The van der Waals surface area contributed by atoms with Crippen molar-refractivity contribution in [3.8, 4) is 0 Å². The fourth-order valence-electron chi connectivity index (χ4n) is 0.627. The maximum Gasteiger partial charge on any atom is 2.00 e. The summed E-state index contributed by atoms with van der Waals surface area (Å²) in [5.74, 6) is 0. The third-order valence-electron chi connectivity index (χ3n) is 1.10. The van der Waals surface area contributed by atoms with E-state index >= 15 is 0 Å². The van der Waals surface area contributed by atoms with Crippen LogP contribution in [0.1, 0.15) is 8.42 Å². The van der Waals surface area contributed by atoms with Crippen LogP contribution in [0.3, 0.4) is 0 Å². The van der Waals surface area contributed by atoms with Crippen molar-refractivity contribution in [1.82, 2.24) is 0 Å². The first-order chi connectivity index (χ1) is 4.61. The summed E-state index contributed by atoms with van der Waals surface area (Å²) >= 11 is 0. The van der Waals surface area contributed by atoms with Crippen LogP contribution in [-0.2, 0) is 6.18 Å². The van der Waals surface area contributed by atoms with Crippen LogP contribution in [0.5, 0.6) is 0 Å². The fourth-order valence-corrected chi connectivity index (χ4v) is 0.627.